The molecule has 0 spiro atoms. The third-order valence-corrected chi connectivity index (χ3v) is 4.26. The van der Waals surface area contributed by atoms with Crippen LogP contribution >= 0.6 is 15.9 Å². The molecule has 0 heterocycles. The van der Waals surface area contributed by atoms with Gasteiger partial charge >= 0.3 is 0 Å². The molecule has 3 N–H and O–H groups in total. The molecule has 0 aliphatic heterocycles. The van der Waals surface area contributed by atoms with Gasteiger partial charge in [0.2, 0.25) is 5.91 Å². The van der Waals surface area contributed by atoms with Crippen molar-refractivity contribution < 1.29 is 9.53 Å². The lowest BCUT2D eigenvalue weighted by atomic mass is 10.1. The largest absolute Gasteiger partial charge is 0.496 e. The monoisotopic (exact) mass is 326 g/mol. The third-order valence-electron chi connectivity index (χ3n) is 3.64. The molecule has 2 rings (SSSR count). The number of hydrogen-bond acceptors (Lipinski definition) is 3. The van der Waals surface area contributed by atoms with Crippen LogP contribution in [0.1, 0.15) is 18.4 Å². The minimum Gasteiger partial charge on any atom is -0.496 e. The highest BCUT2D eigenvalue weighted by atomic mass is 79.9. The SMILES string of the molecule is COc1ccc(CCNC(=O)C2(CN)CC2)cc1Br. The standard InChI is InChI=1S/C14H19BrN2O2/c1-19-12-3-2-10(8-11(12)15)4-7-17-13(18)14(9-16)5-6-14/h2-3,8H,4-7,9,16H2,1H3,(H,17,18). The van der Waals surface area contributed by atoms with Crippen LogP contribution in [0.15, 0.2) is 22.7 Å². The smallest absolute Gasteiger partial charge is 0.227 e. The van der Waals surface area contributed by atoms with Gasteiger partial charge in [-0.1, -0.05) is 6.07 Å². The van der Waals surface area contributed by atoms with E-state index in [1.165, 1.54) is 0 Å². The van der Waals surface area contributed by atoms with Gasteiger partial charge in [0.15, 0.2) is 0 Å². The molecule has 1 amide bonds. The van der Waals surface area contributed by atoms with Gasteiger partial charge in [-0.3, -0.25) is 4.79 Å². The number of carbonyl (C=O) groups excluding carboxylic acids is 1. The van der Waals surface area contributed by atoms with E-state index >= 15 is 0 Å². The number of halogens is 1. The van der Waals surface area contributed by atoms with Gasteiger partial charge in [-0.2, -0.15) is 0 Å². The van der Waals surface area contributed by atoms with Crippen molar-refractivity contribution in [2.24, 2.45) is 11.1 Å². The van der Waals surface area contributed by atoms with E-state index in [2.05, 4.69) is 21.2 Å². The zero-order chi connectivity index (χ0) is 13.9. The number of methoxy groups -OCH3 is 1. The molecule has 104 valence electrons. The maximum Gasteiger partial charge on any atom is 0.227 e. The van der Waals surface area contributed by atoms with Gasteiger partial charge in [-0.15, -0.1) is 0 Å². The van der Waals surface area contributed by atoms with Gasteiger partial charge < -0.3 is 15.8 Å². The Kier molecular flexibility index (Phi) is 4.47. The number of benzene rings is 1. The lowest BCUT2D eigenvalue weighted by molar-refractivity contribution is -0.125. The Labute approximate surface area is 121 Å². The fourth-order valence-corrected chi connectivity index (χ4v) is 2.64. The molecule has 19 heavy (non-hydrogen) atoms. The molecule has 5 heteroatoms. The third kappa shape index (κ3) is 3.28. The molecule has 0 aromatic heterocycles. The summed E-state index contributed by atoms with van der Waals surface area (Å²) in [6, 6.07) is 5.94. The maximum atomic E-state index is 11.9. The van der Waals surface area contributed by atoms with Crippen molar-refractivity contribution in [2.45, 2.75) is 19.3 Å². The summed E-state index contributed by atoms with van der Waals surface area (Å²) < 4.78 is 6.11. The van der Waals surface area contributed by atoms with Gasteiger partial charge in [0.1, 0.15) is 5.75 Å². The van der Waals surface area contributed by atoms with E-state index in [1.54, 1.807) is 7.11 Å². The van der Waals surface area contributed by atoms with Crippen molar-refractivity contribution >= 4 is 21.8 Å². The predicted molar refractivity (Wildman–Crippen MR) is 78.1 cm³/mol. The average Bonchev–Trinajstić information content (AvgIpc) is 3.20. The molecule has 1 aromatic rings. The summed E-state index contributed by atoms with van der Waals surface area (Å²) in [5.41, 5.74) is 6.52. The molecular formula is C14H19BrN2O2. The van der Waals surface area contributed by atoms with E-state index in [0.717, 1.165) is 35.0 Å². The number of nitrogens with two attached hydrogens (primary N) is 1. The number of hydrogen-bond donors (Lipinski definition) is 2. The molecular weight excluding hydrogens is 308 g/mol. The average molecular weight is 327 g/mol. The number of nitrogens with one attached hydrogen (secondary N) is 1. The number of ether oxygens (including phenoxy) is 1. The second kappa shape index (κ2) is 5.92. The van der Waals surface area contributed by atoms with E-state index in [1.807, 2.05) is 18.2 Å². The lowest BCUT2D eigenvalue weighted by Crippen LogP contribution is -2.37. The first-order valence-corrected chi connectivity index (χ1v) is 7.21. The minimum absolute atomic E-state index is 0.0996. The van der Waals surface area contributed by atoms with Crippen LogP contribution in [0.4, 0.5) is 0 Å². The molecule has 0 bridgehead atoms. The van der Waals surface area contributed by atoms with Crippen molar-refractivity contribution in [1.29, 1.82) is 0 Å². The van der Waals surface area contributed by atoms with Crippen LogP contribution in [-0.2, 0) is 11.2 Å². The molecule has 4 nitrogen and oxygen atoms in total. The van der Waals surface area contributed by atoms with Crippen LogP contribution in [0.5, 0.6) is 5.75 Å². The van der Waals surface area contributed by atoms with Gasteiger partial charge in [0, 0.05) is 13.1 Å². The molecule has 1 fully saturated rings. The van der Waals surface area contributed by atoms with Crippen molar-refractivity contribution in [3.8, 4) is 5.75 Å². The Hall–Kier alpha value is -1.07. The zero-order valence-corrected chi connectivity index (χ0v) is 12.6. The first-order chi connectivity index (χ1) is 9.11. The van der Waals surface area contributed by atoms with Crippen LogP contribution in [0.3, 0.4) is 0 Å². The lowest BCUT2D eigenvalue weighted by Gasteiger charge is -2.13. The second-order valence-corrected chi connectivity index (χ2v) is 5.81. The van der Waals surface area contributed by atoms with Gasteiger partial charge in [-0.05, 0) is 52.9 Å². The predicted octanol–water partition coefficient (Wildman–Crippen LogP) is 1.86. The fourth-order valence-electron chi connectivity index (χ4n) is 2.05. The zero-order valence-electron chi connectivity index (χ0n) is 11.0. The van der Waals surface area contributed by atoms with E-state index in [4.69, 9.17) is 10.5 Å². The van der Waals surface area contributed by atoms with E-state index in [9.17, 15) is 4.79 Å². The Morgan fingerprint density at radius 2 is 2.26 bits per heavy atom. The van der Waals surface area contributed by atoms with E-state index < -0.39 is 0 Å². The fraction of sp³-hybridized carbons (Fsp3) is 0.500. The number of carbonyl (C=O) groups is 1. The highest BCUT2D eigenvalue weighted by Crippen LogP contribution is 2.44. The Bertz CT molecular complexity index is 473. The van der Waals surface area contributed by atoms with Gasteiger partial charge in [0.25, 0.3) is 0 Å². The summed E-state index contributed by atoms with van der Waals surface area (Å²) in [5, 5.41) is 2.97. The van der Waals surface area contributed by atoms with E-state index in [0.29, 0.717) is 13.1 Å². The minimum atomic E-state index is -0.263. The highest BCUT2D eigenvalue weighted by molar-refractivity contribution is 9.10. The molecule has 1 aliphatic rings. The first kappa shape index (κ1) is 14.3. The van der Waals surface area contributed by atoms with Gasteiger partial charge in [-0.25, -0.2) is 0 Å². The van der Waals surface area contributed by atoms with Crippen molar-refractivity contribution in [3.05, 3.63) is 28.2 Å². The Morgan fingerprint density at radius 1 is 1.53 bits per heavy atom. The Morgan fingerprint density at radius 3 is 2.79 bits per heavy atom. The van der Waals surface area contributed by atoms with Crippen LogP contribution < -0.4 is 15.8 Å². The molecule has 0 atom stereocenters. The summed E-state index contributed by atoms with van der Waals surface area (Å²) >= 11 is 3.45. The summed E-state index contributed by atoms with van der Waals surface area (Å²) in [6.07, 6.45) is 2.64. The first-order valence-electron chi connectivity index (χ1n) is 6.42. The second-order valence-electron chi connectivity index (χ2n) is 4.96. The highest BCUT2D eigenvalue weighted by Gasteiger charge is 2.48. The van der Waals surface area contributed by atoms with Crippen molar-refractivity contribution in [1.82, 2.24) is 5.32 Å². The molecule has 0 radical (unpaired) electrons. The Balaban J connectivity index is 1.83. The van der Waals surface area contributed by atoms with Gasteiger partial charge in [0.05, 0.1) is 17.0 Å². The molecule has 1 aliphatic carbocycles. The molecule has 1 aromatic carbocycles. The summed E-state index contributed by atoms with van der Waals surface area (Å²) in [7, 11) is 1.64. The van der Waals surface area contributed by atoms with Crippen molar-refractivity contribution in [3.63, 3.8) is 0 Å². The van der Waals surface area contributed by atoms with Crippen LogP contribution in [0, 0.1) is 5.41 Å². The van der Waals surface area contributed by atoms with E-state index in [-0.39, 0.29) is 11.3 Å². The quantitative estimate of drug-likeness (QED) is 0.838. The molecule has 0 unspecified atom stereocenters. The normalized spacial score (nSPS) is 15.9. The molecule has 0 saturated heterocycles. The topological polar surface area (TPSA) is 64.3 Å². The number of rotatable bonds is 6. The maximum absolute atomic E-state index is 11.9. The molecule has 1 saturated carbocycles. The van der Waals surface area contributed by atoms with Crippen LogP contribution in [0.2, 0.25) is 0 Å². The number of amides is 1. The summed E-state index contributed by atoms with van der Waals surface area (Å²) in [4.78, 5) is 11.9. The summed E-state index contributed by atoms with van der Waals surface area (Å²) in [5.74, 6) is 0.912. The summed E-state index contributed by atoms with van der Waals surface area (Å²) in [6.45, 7) is 1.09. The van der Waals surface area contributed by atoms with Crippen molar-refractivity contribution in [2.75, 3.05) is 20.2 Å². The van der Waals surface area contributed by atoms with Crippen LogP contribution in [-0.4, -0.2) is 26.1 Å². The van der Waals surface area contributed by atoms with Crippen LogP contribution in [0.25, 0.3) is 0 Å².